The van der Waals surface area contributed by atoms with Crippen molar-refractivity contribution in [3.8, 4) is 27.6 Å². The molecule has 2 heterocycles. The second-order valence-electron chi connectivity index (χ2n) is 6.65. The molecule has 0 bridgehead atoms. The van der Waals surface area contributed by atoms with Crippen LogP contribution in [0.4, 0.5) is 4.39 Å². The summed E-state index contributed by atoms with van der Waals surface area (Å²) in [5, 5.41) is 19.6. The first-order chi connectivity index (χ1) is 15.1. The summed E-state index contributed by atoms with van der Waals surface area (Å²) in [6.07, 6.45) is -0.226. The predicted octanol–water partition coefficient (Wildman–Crippen LogP) is 5.82. The number of benzene rings is 2. The number of pyridine rings is 1. The molecule has 5 nitrogen and oxygen atoms in total. The zero-order valence-electron chi connectivity index (χ0n) is 16.2. The number of nitrogens with zero attached hydrogens (tertiary/aromatic N) is 1. The number of carboxylic acid groups (broad SMARTS) is 1. The second kappa shape index (κ2) is 8.89. The normalized spacial score (nSPS) is 11.6. The summed E-state index contributed by atoms with van der Waals surface area (Å²) in [6.45, 7) is 0. The number of aliphatic carboxylic acids is 1. The Hall–Kier alpha value is -3.84. The van der Waals surface area contributed by atoms with Crippen LogP contribution < -0.4 is 4.74 Å². The summed E-state index contributed by atoms with van der Waals surface area (Å²) in [7, 11) is 0. The van der Waals surface area contributed by atoms with Gasteiger partial charge in [-0.15, -0.1) is 11.3 Å². The fraction of sp³-hybridized carbons (Fsp3) is 0.0417. The minimum atomic E-state index is -1.30. The van der Waals surface area contributed by atoms with Crippen molar-refractivity contribution < 1.29 is 19.0 Å². The molecule has 0 spiro atoms. The summed E-state index contributed by atoms with van der Waals surface area (Å²) in [5.41, 5.74) is 2.61. The molecule has 0 amide bonds. The highest BCUT2D eigenvalue weighted by atomic mass is 32.1. The van der Waals surface area contributed by atoms with Gasteiger partial charge in [0.25, 0.3) is 0 Å². The van der Waals surface area contributed by atoms with Gasteiger partial charge in [-0.25, -0.2) is 14.2 Å². The van der Waals surface area contributed by atoms with Crippen molar-refractivity contribution in [3.05, 3.63) is 95.1 Å². The molecular formula is C24H17FN2O3S. The number of halogens is 1. The number of hydrogen-bond acceptors (Lipinski definition) is 5. The smallest absolute Gasteiger partial charge is 0.349 e. The van der Waals surface area contributed by atoms with Crippen LogP contribution in [0.15, 0.2) is 78.2 Å². The Morgan fingerprint density at radius 1 is 1.10 bits per heavy atom. The molecule has 2 aromatic heterocycles. The van der Waals surface area contributed by atoms with Crippen LogP contribution in [-0.4, -0.2) is 22.3 Å². The highest BCUT2D eigenvalue weighted by Gasteiger charge is 2.25. The van der Waals surface area contributed by atoms with Gasteiger partial charge in [0.15, 0.2) is 0 Å². The minimum Gasteiger partial charge on any atom is -0.478 e. The van der Waals surface area contributed by atoms with Crippen LogP contribution in [-0.2, 0) is 4.79 Å². The number of nitrogens with one attached hydrogen (secondary N) is 1. The fourth-order valence-electron chi connectivity index (χ4n) is 3.18. The molecule has 7 heteroatoms. The molecule has 4 aromatic rings. The third-order valence-corrected chi connectivity index (χ3v) is 5.55. The molecule has 0 radical (unpaired) electrons. The van der Waals surface area contributed by atoms with Gasteiger partial charge in [0.1, 0.15) is 5.82 Å². The van der Waals surface area contributed by atoms with Gasteiger partial charge < -0.3 is 15.3 Å². The fourth-order valence-corrected chi connectivity index (χ4v) is 3.87. The van der Waals surface area contributed by atoms with E-state index in [1.54, 1.807) is 48.5 Å². The van der Waals surface area contributed by atoms with Crippen molar-refractivity contribution in [2.75, 3.05) is 0 Å². The van der Waals surface area contributed by atoms with Crippen LogP contribution in [0.2, 0.25) is 0 Å². The molecule has 0 saturated heterocycles. The molecule has 31 heavy (non-hydrogen) atoms. The Kier molecular flexibility index (Phi) is 5.86. The number of carboxylic acids is 1. The van der Waals surface area contributed by atoms with Gasteiger partial charge in [-0.05, 0) is 40.8 Å². The molecule has 0 saturated carbocycles. The summed E-state index contributed by atoms with van der Waals surface area (Å²) < 4.78 is 19.3. The molecule has 0 aliphatic heterocycles. The van der Waals surface area contributed by atoms with E-state index in [4.69, 9.17) is 10.1 Å². The monoisotopic (exact) mass is 432 g/mol. The third-order valence-electron chi connectivity index (χ3n) is 4.65. The zero-order valence-corrected chi connectivity index (χ0v) is 17.0. The van der Waals surface area contributed by atoms with Crippen molar-refractivity contribution in [3.63, 3.8) is 0 Å². The van der Waals surface area contributed by atoms with E-state index in [1.165, 1.54) is 23.5 Å². The van der Waals surface area contributed by atoms with E-state index in [9.17, 15) is 14.3 Å². The third kappa shape index (κ3) is 4.36. The quantitative estimate of drug-likeness (QED) is 0.361. The highest BCUT2D eigenvalue weighted by molar-refractivity contribution is 7.13. The van der Waals surface area contributed by atoms with E-state index in [2.05, 4.69) is 4.98 Å². The summed E-state index contributed by atoms with van der Waals surface area (Å²) >= 11 is 1.47. The van der Waals surface area contributed by atoms with Gasteiger partial charge in [-0.3, -0.25) is 0 Å². The van der Waals surface area contributed by atoms with Crippen LogP contribution in [0.5, 0.6) is 5.88 Å². The van der Waals surface area contributed by atoms with Gasteiger partial charge in [0, 0.05) is 11.8 Å². The average molecular weight is 432 g/mol. The molecular weight excluding hydrogens is 415 g/mol. The van der Waals surface area contributed by atoms with Gasteiger partial charge in [0.2, 0.25) is 12.0 Å². The van der Waals surface area contributed by atoms with Gasteiger partial charge >= 0.3 is 5.97 Å². The molecule has 0 aliphatic carbocycles. The zero-order chi connectivity index (χ0) is 21.8. The lowest BCUT2D eigenvalue weighted by molar-refractivity contribution is -0.145. The van der Waals surface area contributed by atoms with E-state index in [0.29, 0.717) is 27.9 Å². The van der Waals surface area contributed by atoms with E-state index < -0.39 is 12.1 Å². The topological polar surface area (TPSA) is 83.3 Å². The number of ether oxygens (including phenoxy) is 1. The molecule has 2 aromatic carbocycles. The van der Waals surface area contributed by atoms with E-state index in [0.717, 1.165) is 11.1 Å². The van der Waals surface area contributed by atoms with E-state index in [1.807, 2.05) is 17.5 Å². The summed E-state index contributed by atoms with van der Waals surface area (Å²) in [5.74, 6) is -1.52. The molecule has 4 rings (SSSR count). The summed E-state index contributed by atoms with van der Waals surface area (Å²) in [4.78, 5) is 17.4. The van der Waals surface area contributed by atoms with Gasteiger partial charge in [0.05, 0.1) is 16.1 Å². The number of thiophene rings is 1. The van der Waals surface area contributed by atoms with Crippen LogP contribution in [0.1, 0.15) is 17.2 Å². The first kappa shape index (κ1) is 20.4. The number of carbonyl (C=O) groups is 1. The lowest BCUT2D eigenvalue weighted by atomic mass is 10.00. The van der Waals surface area contributed by atoms with Gasteiger partial charge in [-0.2, -0.15) is 0 Å². The van der Waals surface area contributed by atoms with Gasteiger partial charge in [-0.1, -0.05) is 48.5 Å². The SMILES string of the molecule is N=Cc1c(-c2ccc(F)cc2)cc(-c2cccs2)nc1OC(C(=O)O)c1ccccc1. The van der Waals surface area contributed by atoms with Crippen LogP contribution in [0.3, 0.4) is 0 Å². The lowest BCUT2D eigenvalue weighted by Gasteiger charge is -2.19. The maximum absolute atomic E-state index is 13.5. The lowest BCUT2D eigenvalue weighted by Crippen LogP contribution is -2.19. The van der Waals surface area contributed by atoms with Crippen LogP contribution >= 0.6 is 11.3 Å². The van der Waals surface area contributed by atoms with Crippen molar-refractivity contribution in [1.29, 1.82) is 5.41 Å². The molecule has 1 atom stereocenters. The van der Waals surface area contributed by atoms with E-state index in [-0.39, 0.29) is 11.7 Å². The van der Waals surface area contributed by atoms with Crippen LogP contribution in [0, 0.1) is 11.2 Å². The molecule has 1 unspecified atom stereocenters. The first-order valence-corrected chi connectivity index (χ1v) is 10.2. The second-order valence-corrected chi connectivity index (χ2v) is 7.60. The standard InChI is InChI=1S/C24H17FN2O3S/c25-17-10-8-15(9-11-17)18-13-20(21-7-4-12-31-21)27-23(19(18)14-26)30-22(24(28)29)16-5-2-1-3-6-16/h1-14,22,26H,(H,28,29). The predicted molar refractivity (Wildman–Crippen MR) is 118 cm³/mol. The Morgan fingerprint density at radius 2 is 1.84 bits per heavy atom. The maximum Gasteiger partial charge on any atom is 0.349 e. The summed E-state index contributed by atoms with van der Waals surface area (Å²) in [6, 6.07) is 20.0. The highest BCUT2D eigenvalue weighted by Crippen LogP contribution is 2.36. The Labute approximate surface area is 181 Å². The number of aromatic nitrogens is 1. The Morgan fingerprint density at radius 3 is 2.45 bits per heavy atom. The van der Waals surface area contributed by atoms with Crippen molar-refractivity contribution in [2.45, 2.75) is 6.10 Å². The van der Waals surface area contributed by atoms with Crippen molar-refractivity contribution in [1.82, 2.24) is 4.98 Å². The van der Waals surface area contributed by atoms with Crippen LogP contribution in [0.25, 0.3) is 21.7 Å². The van der Waals surface area contributed by atoms with Crippen molar-refractivity contribution in [2.24, 2.45) is 0 Å². The largest absolute Gasteiger partial charge is 0.478 e. The number of rotatable bonds is 7. The van der Waals surface area contributed by atoms with Crippen molar-refractivity contribution >= 4 is 23.5 Å². The first-order valence-electron chi connectivity index (χ1n) is 9.36. The maximum atomic E-state index is 13.5. The minimum absolute atomic E-state index is 0.0245. The Balaban J connectivity index is 1.88. The van der Waals surface area contributed by atoms with E-state index >= 15 is 0 Å². The number of hydrogen-bond donors (Lipinski definition) is 2. The average Bonchev–Trinajstić information content (AvgIpc) is 3.33. The molecule has 0 aliphatic rings. The molecule has 2 N–H and O–H groups in total. The molecule has 0 fully saturated rings. The Bertz CT molecular complexity index is 1210. The molecule has 154 valence electrons.